The van der Waals surface area contributed by atoms with E-state index >= 15 is 0 Å². The molecule has 21 nitrogen and oxygen atoms in total. The van der Waals surface area contributed by atoms with E-state index in [0.29, 0.717) is 0 Å². The van der Waals surface area contributed by atoms with Crippen LogP contribution in [0.5, 0.6) is 0 Å². The van der Waals surface area contributed by atoms with Crippen molar-refractivity contribution in [3.63, 3.8) is 0 Å². The molecule has 4 rings (SSSR count). The summed E-state index contributed by atoms with van der Waals surface area (Å²) < 4.78 is 59.4. The van der Waals surface area contributed by atoms with Crippen molar-refractivity contribution < 1.29 is 55.9 Å². The molecule has 2 aliphatic rings. The van der Waals surface area contributed by atoms with Crippen LogP contribution in [-0.4, -0.2) is 70.1 Å². The molecule has 2 bridgehead atoms. The van der Waals surface area contributed by atoms with Crippen molar-refractivity contribution in [1.29, 1.82) is 0 Å². The minimum atomic E-state index is -5.74. The molecule has 2 aliphatic heterocycles. The Balaban J connectivity index is 1.59. The van der Waals surface area contributed by atoms with Gasteiger partial charge in [-0.25, -0.2) is 18.7 Å². The smallest absolute Gasteiger partial charge is 0.382 e. The van der Waals surface area contributed by atoms with Crippen molar-refractivity contribution in [3.05, 3.63) is 16.8 Å². The largest absolute Gasteiger partial charge is 0.490 e. The number of nitrogens with two attached hydrogens (primary N) is 2. The van der Waals surface area contributed by atoms with Crippen molar-refractivity contribution in [2.24, 2.45) is 5.11 Å². The molecular weight excluding hydrogens is 543 g/mol. The highest BCUT2D eigenvalue weighted by Gasteiger charge is 2.63. The number of anilines is 2. The van der Waals surface area contributed by atoms with E-state index in [4.69, 9.17) is 40.8 Å². The van der Waals surface area contributed by atoms with E-state index in [2.05, 4.69) is 33.6 Å². The number of hydrogen-bond donors (Lipinski definition) is 6. The summed E-state index contributed by atoms with van der Waals surface area (Å²) in [6.07, 6.45) is -0.791. The number of rotatable bonds is 9. The molecule has 2 aromatic rings. The van der Waals surface area contributed by atoms with Crippen molar-refractivity contribution in [2.45, 2.75) is 24.0 Å². The van der Waals surface area contributed by atoms with Crippen LogP contribution < -0.4 is 11.5 Å². The van der Waals surface area contributed by atoms with Gasteiger partial charge >= 0.3 is 23.5 Å². The van der Waals surface area contributed by atoms with Crippen molar-refractivity contribution >= 4 is 46.4 Å². The molecule has 35 heavy (non-hydrogen) atoms. The molecule has 0 radical (unpaired) electrons. The molecule has 8 N–H and O–H groups in total. The number of imidazole rings is 1. The van der Waals surface area contributed by atoms with Crippen LogP contribution in [0.2, 0.25) is 0 Å². The van der Waals surface area contributed by atoms with Gasteiger partial charge in [0.15, 0.2) is 17.7 Å². The van der Waals surface area contributed by atoms with E-state index in [1.54, 1.807) is 0 Å². The fourth-order valence-electron chi connectivity index (χ4n) is 3.60. The van der Waals surface area contributed by atoms with Gasteiger partial charge in [0.25, 0.3) is 0 Å². The van der Waals surface area contributed by atoms with Crippen LogP contribution in [0.4, 0.5) is 11.8 Å². The molecule has 2 aromatic heterocycles. The molecule has 24 heteroatoms. The molecule has 192 valence electrons. The van der Waals surface area contributed by atoms with E-state index in [1.807, 2.05) is 0 Å². The van der Waals surface area contributed by atoms with Gasteiger partial charge < -0.3 is 40.5 Å². The molecule has 0 saturated carbocycles. The lowest BCUT2D eigenvalue weighted by Crippen LogP contribution is -2.44. The summed E-state index contributed by atoms with van der Waals surface area (Å²) in [4.78, 5) is 50.9. The highest BCUT2D eigenvalue weighted by molar-refractivity contribution is 7.66. The zero-order chi connectivity index (χ0) is 25.8. The fraction of sp³-hybridized carbons (Fsp3) is 0.545. The maximum atomic E-state index is 12.2. The predicted octanol–water partition coefficient (Wildman–Crippen LogP) is -0.321. The molecule has 0 amide bonds. The van der Waals surface area contributed by atoms with Gasteiger partial charge in [-0.1, -0.05) is 5.11 Å². The number of phosphoric acid groups is 3. The summed E-state index contributed by atoms with van der Waals surface area (Å²) in [5, 5.41) is 3.61. The quantitative estimate of drug-likeness (QED) is 0.0991. The summed E-state index contributed by atoms with van der Waals surface area (Å²) in [7, 11) is -16.8. The number of nitrogens with zero attached hydrogens (tertiary/aromatic N) is 7. The minimum absolute atomic E-state index is 0.0238. The number of phosphoric ester groups is 1. The summed E-state index contributed by atoms with van der Waals surface area (Å²) in [5.74, 6) is -0.195. The Kier molecular flexibility index (Phi) is 6.45. The second-order valence-electron chi connectivity index (χ2n) is 7.15. The Morgan fingerprint density at radius 2 is 1.94 bits per heavy atom. The average Bonchev–Trinajstić information content (AvgIpc) is 3.34. The zero-order valence-electron chi connectivity index (χ0n) is 16.9. The number of nitrogen functional groups attached to an aromatic ring is 2. The van der Waals surface area contributed by atoms with E-state index in [1.165, 1.54) is 10.9 Å². The number of fused-ring (bicyclic) bond motifs is 3. The SMILES string of the molecule is [N-]=[N+]=N[C@H]1[C@H]2OC[C@]1(COP(=O)(O)OP(=O)(O)OP(=O)(O)O)O[C@H]2n1cnc2c(N)nc(N)nc21. The van der Waals surface area contributed by atoms with Crippen LogP contribution in [0.25, 0.3) is 21.6 Å². The Labute approximate surface area is 193 Å². The Morgan fingerprint density at radius 3 is 2.60 bits per heavy atom. The minimum Gasteiger partial charge on any atom is -0.382 e. The third kappa shape index (κ3) is 5.18. The molecule has 2 unspecified atom stereocenters. The van der Waals surface area contributed by atoms with Crippen LogP contribution in [0, 0.1) is 0 Å². The molecule has 6 atom stereocenters. The van der Waals surface area contributed by atoms with Gasteiger partial charge in [-0.15, -0.1) is 0 Å². The second-order valence-corrected chi connectivity index (χ2v) is 11.6. The van der Waals surface area contributed by atoms with Gasteiger partial charge in [0, 0.05) is 4.91 Å². The third-order valence-electron chi connectivity index (χ3n) is 4.81. The first kappa shape index (κ1) is 25.9. The van der Waals surface area contributed by atoms with E-state index in [-0.39, 0.29) is 29.5 Å². The van der Waals surface area contributed by atoms with Gasteiger partial charge in [0.05, 0.1) is 19.5 Å². The van der Waals surface area contributed by atoms with Crippen molar-refractivity contribution in [1.82, 2.24) is 19.5 Å². The zero-order valence-corrected chi connectivity index (χ0v) is 19.6. The number of aromatic nitrogens is 4. The topological polar surface area (TPSA) is 323 Å². The highest BCUT2D eigenvalue weighted by Crippen LogP contribution is 2.66. The van der Waals surface area contributed by atoms with Crippen LogP contribution in [0.3, 0.4) is 0 Å². The van der Waals surface area contributed by atoms with Gasteiger partial charge in [0.1, 0.15) is 23.3 Å². The van der Waals surface area contributed by atoms with E-state index < -0.39 is 54.0 Å². The summed E-state index contributed by atoms with van der Waals surface area (Å²) in [6, 6.07) is -1.15. The van der Waals surface area contributed by atoms with Gasteiger partial charge in [-0.3, -0.25) is 9.09 Å². The number of azide groups is 1. The number of hydrogen-bond acceptors (Lipinski definition) is 14. The van der Waals surface area contributed by atoms with Crippen LogP contribution in [-0.2, 0) is 36.3 Å². The van der Waals surface area contributed by atoms with E-state index in [9.17, 15) is 23.5 Å². The molecule has 0 aromatic carbocycles. The molecular formula is C11H16N9O12P3. The van der Waals surface area contributed by atoms with Gasteiger partial charge in [-0.05, 0) is 5.53 Å². The maximum Gasteiger partial charge on any atom is 0.490 e. The Hall–Kier alpha value is -2.21. The molecule has 2 fully saturated rings. The van der Waals surface area contributed by atoms with Crippen LogP contribution in [0.1, 0.15) is 6.23 Å². The average molecular weight is 559 g/mol. The van der Waals surface area contributed by atoms with Crippen molar-refractivity contribution in [3.8, 4) is 0 Å². The summed E-state index contributed by atoms with van der Waals surface area (Å²) >= 11 is 0. The monoisotopic (exact) mass is 559 g/mol. The predicted molar refractivity (Wildman–Crippen MR) is 109 cm³/mol. The lowest BCUT2D eigenvalue weighted by atomic mass is 9.98. The normalized spacial score (nSPS) is 29.5. The first-order chi connectivity index (χ1) is 16.2. The van der Waals surface area contributed by atoms with Crippen LogP contribution >= 0.6 is 23.5 Å². The van der Waals surface area contributed by atoms with Gasteiger partial charge in [0.2, 0.25) is 5.95 Å². The Bertz CT molecular complexity index is 1360. The Morgan fingerprint density at radius 1 is 1.23 bits per heavy atom. The standard InChI is InChI=1S/C11H16N9O12P3/c12-7-4-8(17-10(13)16-7)20(3-15-4)9-5-6(18-19-14)11(30-9,1-28-5)2-29-34(24,25)32-35(26,27)31-33(21,22)23/h3,5-6,9H,1-2H2,(H,24,25)(H,26,27)(H2,21,22,23)(H4,12,13,16,17)/t5-,6+,9-,11-/m1/s1. The number of ether oxygens (including phenoxy) is 2. The van der Waals surface area contributed by atoms with E-state index in [0.717, 1.165) is 0 Å². The summed E-state index contributed by atoms with van der Waals surface area (Å²) in [5.41, 5.74) is 19.0. The van der Waals surface area contributed by atoms with Gasteiger partial charge in [-0.2, -0.15) is 18.6 Å². The molecule has 0 aliphatic carbocycles. The fourth-order valence-corrected chi connectivity index (χ4v) is 6.68. The maximum absolute atomic E-state index is 12.2. The molecule has 0 spiro atoms. The summed E-state index contributed by atoms with van der Waals surface area (Å²) in [6.45, 7) is -1.22. The lowest BCUT2D eigenvalue weighted by Gasteiger charge is -2.31. The molecule has 4 heterocycles. The second kappa shape index (κ2) is 8.72. The molecule has 2 saturated heterocycles. The first-order valence-electron chi connectivity index (χ1n) is 9.03. The third-order valence-corrected chi connectivity index (χ3v) is 8.59. The van der Waals surface area contributed by atoms with Crippen molar-refractivity contribution in [2.75, 3.05) is 24.7 Å². The first-order valence-corrected chi connectivity index (χ1v) is 13.5. The van der Waals surface area contributed by atoms with Crippen LogP contribution in [0.15, 0.2) is 11.4 Å². The highest BCUT2D eigenvalue weighted by atomic mass is 31.3. The lowest BCUT2D eigenvalue weighted by molar-refractivity contribution is -0.181.